The van der Waals surface area contributed by atoms with Crippen LogP contribution < -0.4 is 16.4 Å². The first-order chi connectivity index (χ1) is 14.4. The molecule has 0 saturated carbocycles. The molecule has 0 saturated heterocycles. The number of carbonyl (C=O) groups is 1. The number of rotatable bonds is 7. The molecular formula is C21H22F2N5OP. The minimum atomic E-state index is -2.37. The molecule has 6 nitrogen and oxygen atoms in total. The highest BCUT2D eigenvalue weighted by molar-refractivity contribution is 7.27. The van der Waals surface area contributed by atoms with Gasteiger partial charge in [-0.05, 0) is 34.6 Å². The third kappa shape index (κ3) is 5.14. The normalized spacial score (nSPS) is 14.3. The maximum Gasteiger partial charge on any atom is 0.251 e. The highest BCUT2D eigenvalue weighted by atomic mass is 31.0. The molecule has 0 fully saturated rings. The lowest BCUT2D eigenvalue weighted by molar-refractivity contribution is -0.111. The molecule has 2 aromatic rings. The Balaban J connectivity index is 1.72. The second-order valence-corrected chi connectivity index (χ2v) is 7.45. The van der Waals surface area contributed by atoms with E-state index < -0.39 is 6.43 Å². The van der Waals surface area contributed by atoms with Gasteiger partial charge in [0.25, 0.3) is 6.43 Å². The van der Waals surface area contributed by atoms with Gasteiger partial charge in [0.15, 0.2) is 0 Å². The maximum atomic E-state index is 12.6. The zero-order chi connectivity index (χ0) is 21.7. The van der Waals surface area contributed by atoms with Gasteiger partial charge >= 0.3 is 0 Å². The van der Waals surface area contributed by atoms with E-state index >= 15 is 0 Å². The Morgan fingerprint density at radius 2 is 2.10 bits per heavy atom. The number of halogens is 2. The number of nitrogens with zero attached hydrogens (tertiary/aromatic N) is 2. The summed E-state index contributed by atoms with van der Waals surface area (Å²) in [5.41, 5.74) is 9.98. The summed E-state index contributed by atoms with van der Waals surface area (Å²) >= 11 is 0. The van der Waals surface area contributed by atoms with Crippen molar-refractivity contribution in [3.63, 3.8) is 0 Å². The number of benzene rings is 1. The average Bonchev–Trinajstić information content (AvgIpc) is 3.09. The van der Waals surface area contributed by atoms with E-state index in [1.54, 1.807) is 29.4 Å². The molecule has 0 bridgehead atoms. The summed E-state index contributed by atoms with van der Waals surface area (Å²) < 4.78 is 25.2. The predicted octanol–water partition coefficient (Wildman–Crippen LogP) is 2.76. The first-order valence-corrected chi connectivity index (χ1v) is 9.76. The van der Waals surface area contributed by atoms with E-state index in [1.807, 2.05) is 12.1 Å². The van der Waals surface area contributed by atoms with E-state index in [2.05, 4.69) is 19.5 Å². The van der Waals surface area contributed by atoms with Gasteiger partial charge in [-0.15, -0.1) is 9.24 Å². The summed E-state index contributed by atoms with van der Waals surface area (Å²) in [5.74, 6) is -0.342. The number of carbonyl (C=O) groups excluding carboxylic acids is 1. The van der Waals surface area contributed by atoms with Crippen LogP contribution in [0.4, 0.5) is 14.5 Å². The van der Waals surface area contributed by atoms with Crippen LogP contribution in [-0.2, 0) is 17.9 Å². The van der Waals surface area contributed by atoms with E-state index in [-0.39, 0.29) is 12.5 Å². The lowest BCUT2D eigenvalue weighted by Gasteiger charge is -2.12. The number of amides is 1. The largest absolute Gasteiger partial charge is 0.404 e. The van der Waals surface area contributed by atoms with Crippen LogP contribution in [0.25, 0.3) is 11.6 Å². The fourth-order valence-corrected chi connectivity index (χ4v) is 3.79. The van der Waals surface area contributed by atoms with E-state index in [1.165, 1.54) is 12.3 Å². The fourth-order valence-electron chi connectivity index (χ4n) is 3.37. The number of aromatic nitrogens is 1. The molecule has 0 aliphatic carbocycles. The highest BCUT2D eigenvalue weighted by Crippen LogP contribution is 2.26. The smallest absolute Gasteiger partial charge is 0.251 e. The van der Waals surface area contributed by atoms with Crippen molar-refractivity contribution in [2.75, 3.05) is 11.9 Å². The number of pyridine rings is 1. The first kappa shape index (κ1) is 21.7. The topological polar surface area (TPSA) is 95.1 Å². The lowest BCUT2D eigenvalue weighted by Crippen LogP contribution is -2.22. The minimum Gasteiger partial charge on any atom is -0.404 e. The molecule has 30 heavy (non-hydrogen) atoms. The molecule has 1 amide bonds. The quantitative estimate of drug-likeness (QED) is 0.358. The zero-order valence-corrected chi connectivity index (χ0v) is 17.3. The summed E-state index contributed by atoms with van der Waals surface area (Å²) in [5, 5.41) is 11.1. The van der Waals surface area contributed by atoms with Crippen molar-refractivity contribution in [3.05, 3.63) is 65.1 Å². The van der Waals surface area contributed by atoms with Crippen molar-refractivity contribution in [1.82, 2.24) is 9.88 Å². The molecule has 1 atom stereocenters. The maximum absolute atomic E-state index is 12.6. The molecule has 0 radical (unpaired) electrons. The van der Waals surface area contributed by atoms with E-state index in [4.69, 9.17) is 11.1 Å². The van der Waals surface area contributed by atoms with Crippen LogP contribution in [0.5, 0.6) is 0 Å². The van der Waals surface area contributed by atoms with Crippen LogP contribution in [0.2, 0.25) is 0 Å². The van der Waals surface area contributed by atoms with Gasteiger partial charge in [-0.3, -0.25) is 14.7 Å². The van der Waals surface area contributed by atoms with Crippen LogP contribution in [0.15, 0.2) is 42.9 Å². The molecule has 156 valence electrons. The Labute approximate surface area is 175 Å². The van der Waals surface area contributed by atoms with Gasteiger partial charge in [0.05, 0.1) is 6.54 Å². The third-order valence-electron chi connectivity index (χ3n) is 4.70. The van der Waals surface area contributed by atoms with Crippen molar-refractivity contribution >= 4 is 44.0 Å². The number of nitrogens with one attached hydrogen (secondary N) is 2. The second-order valence-electron chi connectivity index (χ2n) is 6.83. The summed E-state index contributed by atoms with van der Waals surface area (Å²) in [6.45, 7) is 0.658. The van der Waals surface area contributed by atoms with Crippen LogP contribution in [-0.4, -0.2) is 35.0 Å². The molecule has 9 heteroatoms. The van der Waals surface area contributed by atoms with Crippen LogP contribution >= 0.6 is 9.24 Å². The molecule has 0 spiro atoms. The first-order valence-electron chi connectivity index (χ1n) is 9.19. The number of nitrogens with two attached hydrogens (primary N) is 1. The van der Waals surface area contributed by atoms with Gasteiger partial charge in [0, 0.05) is 66.4 Å². The number of hydrogen-bond acceptors (Lipinski definition) is 5. The molecular weight excluding hydrogens is 407 g/mol. The van der Waals surface area contributed by atoms with Crippen molar-refractivity contribution in [2.45, 2.75) is 19.5 Å². The van der Waals surface area contributed by atoms with Crippen LogP contribution in [0.1, 0.15) is 22.3 Å². The van der Waals surface area contributed by atoms with Gasteiger partial charge in [-0.1, -0.05) is 6.07 Å². The zero-order valence-electron chi connectivity index (χ0n) is 16.1. The molecule has 1 aliphatic heterocycles. The van der Waals surface area contributed by atoms with Gasteiger partial charge in [0.1, 0.15) is 0 Å². The van der Waals surface area contributed by atoms with Gasteiger partial charge in [-0.25, -0.2) is 8.78 Å². The Kier molecular flexibility index (Phi) is 7.03. The van der Waals surface area contributed by atoms with Crippen molar-refractivity contribution < 1.29 is 13.6 Å². The number of fused-ring (bicyclic) bond motifs is 1. The average molecular weight is 429 g/mol. The Bertz CT molecular complexity index is 1020. The third-order valence-corrected chi connectivity index (χ3v) is 5.14. The lowest BCUT2D eigenvalue weighted by atomic mass is 10.0. The summed E-state index contributed by atoms with van der Waals surface area (Å²) in [7, 11) is 2.54. The molecule has 3 rings (SSSR count). The highest BCUT2D eigenvalue weighted by Gasteiger charge is 2.21. The van der Waals surface area contributed by atoms with Gasteiger partial charge < -0.3 is 16.5 Å². The van der Waals surface area contributed by atoms with E-state index in [0.29, 0.717) is 35.5 Å². The van der Waals surface area contributed by atoms with E-state index in [0.717, 1.165) is 22.6 Å². The SMILES string of the molecule is N=C/C(=C\N)c1c(P)cncc1/C=C/C(=O)Nc1ccc2c(c1)CN(CC(F)F)C2. The fraction of sp³-hybridized carbons (Fsp3) is 0.190. The molecule has 1 aliphatic rings. The van der Waals surface area contributed by atoms with Crippen LogP contribution in [0.3, 0.4) is 0 Å². The number of alkyl halides is 2. The monoisotopic (exact) mass is 429 g/mol. The summed E-state index contributed by atoms with van der Waals surface area (Å²) in [6.07, 6.45) is 6.30. The molecule has 1 unspecified atom stereocenters. The molecule has 4 N–H and O–H groups in total. The second kappa shape index (κ2) is 9.69. The Morgan fingerprint density at radius 1 is 1.33 bits per heavy atom. The van der Waals surface area contributed by atoms with Crippen LogP contribution in [0, 0.1) is 5.41 Å². The number of allylic oxidation sites excluding steroid dienone is 1. The number of anilines is 1. The summed E-state index contributed by atoms with van der Waals surface area (Å²) in [6, 6.07) is 5.42. The Hall–Kier alpha value is -2.96. The molecule has 2 heterocycles. The van der Waals surface area contributed by atoms with Crippen molar-refractivity contribution in [3.8, 4) is 0 Å². The Morgan fingerprint density at radius 3 is 2.80 bits per heavy atom. The van der Waals surface area contributed by atoms with Crippen molar-refractivity contribution in [1.29, 1.82) is 5.41 Å². The van der Waals surface area contributed by atoms with Crippen molar-refractivity contribution in [2.24, 2.45) is 5.73 Å². The molecule has 1 aromatic carbocycles. The minimum absolute atomic E-state index is 0.265. The molecule has 1 aromatic heterocycles. The van der Waals surface area contributed by atoms with Gasteiger partial charge in [-0.2, -0.15) is 0 Å². The standard InChI is InChI=1S/C21H22F2N5OP/c22-19(23)12-28-10-14-1-3-17(5-15(14)11-28)27-20(29)4-2-13-8-26-9-18(30)21(13)16(6-24)7-25/h1-9,19,24H,10-12,25,30H2,(H,27,29)/b4-2+,16-7+,24-6?. The summed E-state index contributed by atoms with van der Waals surface area (Å²) in [4.78, 5) is 18.2. The predicted molar refractivity (Wildman–Crippen MR) is 119 cm³/mol. The number of hydrogen-bond donors (Lipinski definition) is 3. The van der Waals surface area contributed by atoms with E-state index in [9.17, 15) is 13.6 Å². The van der Waals surface area contributed by atoms with Gasteiger partial charge in [0.2, 0.25) is 5.91 Å².